The lowest BCUT2D eigenvalue weighted by Gasteiger charge is -2.09. The third-order valence-corrected chi connectivity index (χ3v) is 2.82. The number of nitriles is 1. The van der Waals surface area contributed by atoms with Gasteiger partial charge < -0.3 is 4.74 Å². The molecule has 0 fully saturated rings. The highest BCUT2D eigenvalue weighted by molar-refractivity contribution is 6.06. The van der Waals surface area contributed by atoms with Gasteiger partial charge in [0.2, 0.25) is 0 Å². The number of benzene rings is 2. The average molecular weight is 225 g/mol. The van der Waals surface area contributed by atoms with E-state index < -0.39 is 5.97 Å². The summed E-state index contributed by atoms with van der Waals surface area (Å²) in [6.45, 7) is 1.76. The van der Waals surface area contributed by atoms with E-state index in [1.54, 1.807) is 13.0 Å². The molecule has 3 heteroatoms. The quantitative estimate of drug-likeness (QED) is 0.701. The largest absolute Gasteiger partial charge is 0.465 e. The highest BCUT2D eigenvalue weighted by Crippen LogP contribution is 2.25. The molecule has 0 bridgehead atoms. The molecule has 0 heterocycles. The summed E-state index contributed by atoms with van der Waals surface area (Å²) in [6, 6.07) is 11.4. The molecule has 0 radical (unpaired) electrons. The molecule has 0 atom stereocenters. The van der Waals surface area contributed by atoms with Crippen LogP contribution in [0.4, 0.5) is 0 Å². The zero-order valence-electron chi connectivity index (χ0n) is 9.65. The van der Waals surface area contributed by atoms with Crippen molar-refractivity contribution in [3.8, 4) is 6.07 Å². The van der Waals surface area contributed by atoms with Crippen LogP contribution in [0.15, 0.2) is 30.3 Å². The molecule has 0 saturated carbocycles. The minimum atomic E-state index is -0.407. The molecular formula is C14H11NO2. The number of carbonyl (C=O) groups excluding carboxylic acids is 1. The zero-order valence-corrected chi connectivity index (χ0v) is 9.65. The monoisotopic (exact) mass is 225 g/mol. The maximum atomic E-state index is 11.8. The molecule has 0 aliphatic carbocycles. The molecule has 0 aromatic heterocycles. The number of hydrogen-bond acceptors (Lipinski definition) is 3. The molecule has 0 amide bonds. The molecule has 0 aliphatic heterocycles. The third kappa shape index (κ3) is 1.74. The van der Waals surface area contributed by atoms with Gasteiger partial charge in [-0.05, 0) is 29.3 Å². The predicted molar refractivity (Wildman–Crippen MR) is 64.7 cm³/mol. The Labute approximate surface area is 99.2 Å². The van der Waals surface area contributed by atoms with E-state index >= 15 is 0 Å². The van der Waals surface area contributed by atoms with Crippen LogP contribution in [0.2, 0.25) is 0 Å². The summed E-state index contributed by atoms with van der Waals surface area (Å²) in [4.78, 5) is 11.8. The van der Waals surface area contributed by atoms with Gasteiger partial charge in [0.1, 0.15) is 0 Å². The molecule has 0 aliphatic rings. The van der Waals surface area contributed by atoms with E-state index in [9.17, 15) is 4.79 Å². The second kappa shape index (κ2) is 4.26. The van der Waals surface area contributed by atoms with Gasteiger partial charge in [-0.2, -0.15) is 5.26 Å². The normalized spacial score (nSPS) is 9.94. The smallest absolute Gasteiger partial charge is 0.338 e. The summed E-state index contributed by atoms with van der Waals surface area (Å²) in [5.74, 6) is -0.407. The van der Waals surface area contributed by atoms with Gasteiger partial charge in [0.15, 0.2) is 0 Å². The van der Waals surface area contributed by atoms with Crippen LogP contribution in [0.3, 0.4) is 0 Å². The Morgan fingerprint density at radius 3 is 2.71 bits per heavy atom. The topological polar surface area (TPSA) is 50.1 Å². The lowest BCUT2D eigenvalue weighted by atomic mass is 9.95. The molecule has 0 N–H and O–H groups in total. The second-order valence-electron chi connectivity index (χ2n) is 3.75. The van der Waals surface area contributed by atoms with Gasteiger partial charge in [-0.1, -0.05) is 24.3 Å². The van der Waals surface area contributed by atoms with E-state index in [4.69, 9.17) is 10.00 Å². The fourth-order valence-electron chi connectivity index (χ4n) is 1.93. The van der Waals surface area contributed by atoms with Crippen molar-refractivity contribution in [2.45, 2.75) is 6.92 Å². The maximum Gasteiger partial charge on any atom is 0.338 e. The van der Waals surface area contributed by atoms with Crippen LogP contribution in [0.1, 0.15) is 21.5 Å². The SMILES string of the molecule is COC(=O)c1c(C)c(C#N)cc2ccccc12. The zero-order chi connectivity index (χ0) is 12.4. The van der Waals surface area contributed by atoms with Gasteiger partial charge in [0.05, 0.1) is 24.3 Å². The number of ether oxygens (including phenoxy) is 1. The molecule has 3 nitrogen and oxygen atoms in total. The standard InChI is InChI=1S/C14H11NO2/c1-9-11(8-15)7-10-5-3-4-6-12(10)13(9)14(16)17-2/h3-7H,1-2H3. The summed E-state index contributed by atoms with van der Waals surface area (Å²) >= 11 is 0. The lowest BCUT2D eigenvalue weighted by molar-refractivity contribution is 0.0602. The highest BCUT2D eigenvalue weighted by atomic mass is 16.5. The van der Waals surface area contributed by atoms with E-state index in [-0.39, 0.29) is 0 Å². The van der Waals surface area contributed by atoms with Crippen LogP contribution in [-0.4, -0.2) is 13.1 Å². The molecule has 2 aromatic rings. The summed E-state index contributed by atoms with van der Waals surface area (Å²) < 4.78 is 4.78. The number of nitrogens with zero attached hydrogens (tertiary/aromatic N) is 1. The van der Waals surface area contributed by atoms with Crippen molar-refractivity contribution < 1.29 is 9.53 Å². The first kappa shape index (κ1) is 11.2. The molecular weight excluding hydrogens is 214 g/mol. The Kier molecular flexibility index (Phi) is 2.80. The Morgan fingerprint density at radius 1 is 1.35 bits per heavy atom. The summed E-state index contributed by atoms with van der Waals surface area (Å²) in [5, 5.41) is 10.7. The molecule has 17 heavy (non-hydrogen) atoms. The van der Waals surface area contributed by atoms with E-state index in [1.807, 2.05) is 24.3 Å². The van der Waals surface area contributed by atoms with Crippen LogP contribution in [0, 0.1) is 18.3 Å². The van der Waals surface area contributed by atoms with Crippen LogP contribution >= 0.6 is 0 Å². The number of esters is 1. The van der Waals surface area contributed by atoms with E-state index in [0.29, 0.717) is 16.7 Å². The Bertz CT molecular complexity index is 638. The van der Waals surface area contributed by atoms with Crippen LogP contribution in [-0.2, 0) is 4.74 Å². The predicted octanol–water partition coefficient (Wildman–Crippen LogP) is 2.81. The van der Waals surface area contributed by atoms with Gasteiger partial charge in [-0.25, -0.2) is 4.79 Å². The van der Waals surface area contributed by atoms with Crippen molar-refractivity contribution >= 4 is 16.7 Å². The Balaban J connectivity index is 2.91. The number of rotatable bonds is 1. The molecule has 2 aromatic carbocycles. The van der Waals surface area contributed by atoms with Crippen molar-refractivity contribution in [3.63, 3.8) is 0 Å². The van der Waals surface area contributed by atoms with Crippen LogP contribution < -0.4 is 0 Å². The summed E-state index contributed by atoms with van der Waals surface area (Å²) in [5.41, 5.74) is 1.64. The number of methoxy groups -OCH3 is 1. The fourth-order valence-corrected chi connectivity index (χ4v) is 1.93. The highest BCUT2D eigenvalue weighted by Gasteiger charge is 2.16. The Hall–Kier alpha value is -2.34. The first-order valence-corrected chi connectivity index (χ1v) is 5.19. The van der Waals surface area contributed by atoms with Crippen molar-refractivity contribution in [3.05, 3.63) is 47.0 Å². The van der Waals surface area contributed by atoms with E-state index in [1.165, 1.54) is 7.11 Å². The van der Waals surface area contributed by atoms with Crippen molar-refractivity contribution in [2.24, 2.45) is 0 Å². The van der Waals surface area contributed by atoms with Gasteiger partial charge in [-0.3, -0.25) is 0 Å². The number of hydrogen-bond donors (Lipinski definition) is 0. The van der Waals surface area contributed by atoms with Crippen LogP contribution in [0.25, 0.3) is 10.8 Å². The summed E-state index contributed by atoms with van der Waals surface area (Å²) in [7, 11) is 1.34. The minimum absolute atomic E-state index is 0.407. The maximum absolute atomic E-state index is 11.8. The molecule has 0 spiro atoms. The summed E-state index contributed by atoms with van der Waals surface area (Å²) in [6.07, 6.45) is 0. The first-order valence-electron chi connectivity index (χ1n) is 5.19. The van der Waals surface area contributed by atoms with Crippen molar-refractivity contribution in [1.29, 1.82) is 5.26 Å². The molecule has 84 valence electrons. The molecule has 2 rings (SSSR count). The number of fused-ring (bicyclic) bond motifs is 1. The fraction of sp³-hybridized carbons (Fsp3) is 0.143. The van der Waals surface area contributed by atoms with Crippen LogP contribution in [0.5, 0.6) is 0 Å². The van der Waals surface area contributed by atoms with E-state index in [2.05, 4.69) is 6.07 Å². The average Bonchev–Trinajstić information content (AvgIpc) is 2.37. The Morgan fingerprint density at radius 2 is 2.06 bits per heavy atom. The van der Waals surface area contributed by atoms with Crippen molar-refractivity contribution in [2.75, 3.05) is 7.11 Å². The van der Waals surface area contributed by atoms with Gasteiger partial charge in [-0.15, -0.1) is 0 Å². The molecule has 0 saturated heterocycles. The first-order chi connectivity index (χ1) is 8.19. The number of carbonyl (C=O) groups is 1. The minimum Gasteiger partial charge on any atom is -0.465 e. The lowest BCUT2D eigenvalue weighted by Crippen LogP contribution is -2.06. The van der Waals surface area contributed by atoms with Gasteiger partial charge >= 0.3 is 5.97 Å². The van der Waals surface area contributed by atoms with E-state index in [0.717, 1.165) is 10.8 Å². The molecule has 0 unspecified atom stereocenters. The van der Waals surface area contributed by atoms with Crippen molar-refractivity contribution in [1.82, 2.24) is 0 Å². The second-order valence-corrected chi connectivity index (χ2v) is 3.75. The van der Waals surface area contributed by atoms with Gasteiger partial charge in [0, 0.05) is 0 Å². The third-order valence-electron chi connectivity index (χ3n) is 2.82. The van der Waals surface area contributed by atoms with Gasteiger partial charge in [0.25, 0.3) is 0 Å².